The Morgan fingerprint density at radius 3 is 1.91 bits per heavy atom. The fourth-order valence-electron chi connectivity index (χ4n) is 1.96. The lowest BCUT2D eigenvalue weighted by atomic mass is 9.95. The normalized spacial score (nSPS) is 39.5. The Hall–Kier alpha value is -0.0800. The van der Waals surface area contributed by atoms with Crippen LogP contribution < -0.4 is 5.32 Å². The monoisotopic (exact) mass is 156 g/mol. The van der Waals surface area contributed by atoms with Crippen LogP contribution in [0.2, 0.25) is 0 Å². The van der Waals surface area contributed by atoms with Crippen LogP contribution in [0.15, 0.2) is 0 Å². The molecular weight excluding hydrogens is 136 g/mol. The first kappa shape index (κ1) is 9.01. The summed E-state index contributed by atoms with van der Waals surface area (Å²) in [6.45, 7) is 4.54. The van der Waals surface area contributed by atoms with E-state index in [0.29, 0.717) is 12.1 Å². The highest BCUT2D eigenvalue weighted by atomic mass is 15.1. The second-order valence-electron chi connectivity index (χ2n) is 4.06. The molecule has 2 atom stereocenters. The van der Waals surface area contributed by atoms with E-state index in [1.807, 2.05) is 0 Å². The topological polar surface area (TPSA) is 15.3 Å². The van der Waals surface area contributed by atoms with Crippen LogP contribution in [0.25, 0.3) is 0 Å². The molecule has 0 bridgehead atoms. The third kappa shape index (κ3) is 2.46. The fourth-order valence-corrected chi connectivity index (χ4v) is 1.96. The highest BCUT2D eigenvalue weighted by molar-refractivity contribution is 4.84. The van der Waals surface area contributed by atoms with Gasteiger partial charge in [-0.3, -0.25) is 0 Å². The number of hydrogen-bond acceptors (Lipinski definition) is 2. The van der Waals surface area contributed by atoms with Crippen molar-refractivity contribution in [3.05, 3.63) is 0 Å². The summed E-state index contributed by atoms with van der Waals surface area (Å²) in [6.07, 6.45) is 2.58. The minimum absolute atomic E-state index is 0.686. The van der Waals surface area contributed by atoms with Gasteiger partial charge in [-0.1, -0.05) is 0 Å². The average Bonchev–Trinajstić information content (AvgIpc) is 1.85. The van der Waals surface area contributed by atoms with Crippen molar-refractivity contribution in [3.8, 4) is 0 Å². The molecule has 0 aromatic heterocycles. The molecule has 11 heavy (non-hydrogen) atoms. The first-order chi connectivity index (χ1) is 5.09. The van der Waals surface area contributed by atoms with Crippen LogP contribution in [0.3, 0.4) is 0 Å². The van der Waals surface area contributed by atoms with Gasteiger partial charge in [-0.25, -0.2) is 0 Å². The summed E-state index contributed by atoms with van der Waals surface area (Å²) in [6, 6.07) is 2.15. The van der Waals surface area contributed by atoms with E-state index in [2.05, 4.69) is 38.2 Å². The van der Waals surface area contributed by atoms with Crippen LogP contribution in [0, 0.1) is 0 Å². The summed E-state index contributed by atoms with van der Waals surface area (Å²) < 4.78 is 0. The molecule has 0 amide bonds. The SMILES string of the molecule is CC1CC(N(C)C)CC(C)N1. The van der Waals surface area contributed by atoms with Gasteiger partial charge < -0.3 is 10.2 Å². The van der Waals surface area contributed by atoms with E-state index in [1.165, 1.54) is 12.8 Å². The van der Waals surface area contributed by atoms with Crippen LogP contribution in [-0.2, 0) is 0 Å². The zero-order valence-electron chi connectivity index (χ0n) is 8.09. The van der Waals surface area contributed by atoms with Gasteiger partial charge in [0, 0.05) is 18.1 Å². The van der Waals surface area contributed by atoms with Gasteiger partial charge in [-0.2, -0.15) is 0 Å². The van der Waals surface area contributed by atoms with Crippen LogP contribution in [-0.4, -0.2) is 37.1 Å². The molecule has 2 heteroatoms. The second-order valence-corrected chi connectivity index (χ2v) is 4.06. The van der Waals surface area contributed by atoms with Gasteiger partial charge in [0.15, 0.2) is 0 Å². The van der Waals surface area contributed by atoms with E-state index >= 15 is 0 Å². The van der Waals surface area contributed by atoms with Crippen molar-refractivity contribution >= 4 is 0 Å². The second kappa shape index (κ2) is 3.55. The van der Waals surface area contributed by atoms with Crippen LogP contribution in [0.5, 0.6) is 0 Å². The summed E-state index contributed by atoms with van der Waals surface area (Å²) >= 11 is 0. The first-order valence-electron chi connectivity index (χ1n) is 4.52. The van der Waals surface area contributed by atoms with Crippen molar-refractivity contribution in [2.45, 2.75) is 44.8 Å². The van der Waals surface area contributed by atoms with Gasteiger partial charge in [0.1, 0.15) is 0 Å². The maximum atomic E-state index is 3.54. The third-order valence-electron chi connectivity index (χ3n) is 2.55. The number of piperidine rings is 1. The van der Waals surface area contributed by atoms with Gasteiger partial charge in [0.25, 0.3) is 0 Å². The molecule has 1 fully saturated rings. The predicted molar refractivity (Wildman–Crippen MR) is 48.8 cm³/mol. The lowest BCUT2D eigenvalue weighted by molar-refractivity contribution is 0.184. The summed E-state index contributed by atoms with van der Waals surface area (Å²) in [5, 5.41) is 3.54. The van der Waals surface area contributed by atoms with Crippen molar-refractivity contribution < 1.29 is 0 Å². The Balaban J connectivity index is 2.43. The van der Waals surface area contributed by atoms with Crippen molar-refractivity contribution in [2.75, 3.05) is 14.1 Å². The van der Waals surface area contributed by atoms with E-state index in [-0.39, 0.29) is 0 Å². The average molecular weight is 156 g/mol. The van der Waals surface area contributed by atoms with Gasteiger partial charge in [0.2, 0.25) is 0 Å². The number of hydrogen-bond donors (Lipinski definition) is 1. The molecule has 0 aromatic rings. The van der Waals surface area contributed by atoms with E-state index < -0.39 is 0 Å². The van der Waals surface area contributed by atoms with Gasteiger partial charge in [-0.15, -0.1) is 0 Å². The minimum atomic E-state index is 0.686. The van der Waals surface area contributed by atoms with Crippen LogP contribution in [0.4, 0.5) is 0 Å². The Morgan fingerprint density at radius 1 is 1.09 bits per heavy atom. The maximum absolute atomic E-state index is 3.54. The quantitative estimate of drug-likeness (QED) is 0.611. The van der Waals surface area contributed by atoms with Crippen molar-refractivity contribution in [2.24, 2.45) is 0 Å². The Bertz CT molecular complexity index is 113. The fraction of sp³-hybridized carbons (Fsp3) is 1.00. The molecule has 0 radical (unpaired) electrons. The molecule has 1 aliphatic rings. The predicted octanol–water partition coefficient (Wildman–Crippen LogP) is 1.08. The molecule has 66 valence electrons. The highest BCUT2D eigenvalue weighted by Gasteiger charge is 2.23. The maximum Gasteiger partial charge on any atom is 0.0119 e. The number of rotatable bonds is 1. The van der Waals surface area contributed by atoms with Gasteiger partial charge in [-0.05, 0) is 40.8 Å². The van der Waals surface area contributed by atoms with Crippen LogP contribution >= 0.6 is 0 Å². The molecule has 0 aromatic carbocycles. The molecule has 0 spiro atoms. The van der Waals surface area contributed by atoms with Crippen molar-refractivity contribution in [3.63, 3.8) is 0 Å². The minimum Gasteiger partial charge on any atom is -0.312 e. The zero-order chi connectivity index (χ0) is 8.43. The van der Waals surface area contributed by atoms with E-state index in [9.17, 15) is 0 Å². The number of nitrogens with zero attached hydrogens (tertiary/aromatic N) is 1. The third-order valence-corrected chi connectivity index (χ3v) is 2.55. The Labute approximate surface area is 70.0 Å². The molecule has 1 saturated heterocycles. The van der Waals surface area contributed by atoms with E-state index in [1.54, 1.807) is 0 Å². The Morgan fingerprint density at radius 2 is 1.55 bits per heavy atom. The molecular formula is C9H20N2. The largest absolute Gasteiger partial charge is 0.312 e. The summed E-state index contributed by atoms with van der Waals surface area (Å²) in [5.41, 5.74) is 0. The van der Waals surface area contributed by atoms with Crippen LogP contribution in [0.1, 0.15) is 26.7 Å². The van der Waals surface area contributed by atoms with E-state index in [4.69, 9.17) is 0 Å². The number of nitrogens with one attached hydrogen (secondary N) is 1. The smallest absolute Gasteiger partial charge is 0.0119 e. The van der Waals surface area contributed by atoms with Gasteiger partial charge in [0.05, 0.1) is 0 Å². The highest BCUT2D eigenvalue weighted by Crippen LogP contribution is 2.16. The molecule has 1 heterocycles. The van der Waals surface area contributed by atoms with Crippen molar-refractivity contribution in [1.82, 2.24) is 10.2 Å². The summed E-state index contributed by atoms with van der Waals surface area (Å²) in [7, 11) is 4.35. The van der Waals surface area contributed by atoms with Gasteiger partial charge >= 0.3 is 0 Å². The first-order valence-corrected chi connectivity index (χ1v) is 4.52. The molecule has 1 rings (SSSR count). The van der Waals surface area contributed by atoms with E-state index in [0.717, 1.165) is 6.04 Å². The molecule has 0 aliphatic carbocycles. The summed E-state index contributed by atoms with van der Waals surface area (Å²) in [4.78, 5) is 2.34. The summed E-state index contributed by atoms with van der Waals surface area (Å²) in [5.74, 6) is 0. The molecule has 0 saturated carbocycles. The molecule has 1 aliphatic heterocycles. The molecule has 1 N–H and O–H groups in total. The molecule has 2 unspecified atom stereocenters. The zero-order valence-corrected chi connectivity index (χ0v) is 8.09. The lowest BCUT2D eigenvalue weighted by Crippen LogP contribution is -2.48. The molecule has 2 nitrogen and oxygen atoms in total. The Kier molecular flexibility index (Phi) is 2.90. The standard InChI is InChI=1S/C9H20N2/c1-7-5-9(11(3)4)6-8(2)10-7/h7-10H,5-6H2,1-4H3. The lowest BCUT2D eigenvalue weighted by Gasteiger charge is -2.36. The van der Waals surface area contributed by atoms with Crippen molar-refractivity contribution in [1.29, 1.82) is 0 Å².